The molecule has 2 heteroatoms. The van der Waals surface area contributed by atoms with Crippen LogP contribution >= 0.6 is 15.9 Å². The summed E-state index contributed by atoms with van der Waals surface area (Å²) in [5.41, 5.74) is 10.7. The Hall–Kier alpha value is -1.12. The third-order valence-electron chi connectivity index (χ3n) is 2.81. The first-order chi connectivity index (χ1) is 8.20. The summed E-state index contributed by atoms with van der Waals surface area (Å²) in [6.07, 6.45) is 0.903. The molecule has 0 atom stereocenters. The number of hydrogen-bond donors (Lipinski definition) is 1. The van der Waals surface area contributed by atoms with Crippen molar-refractivity contribution in [3.05, 3.63) is 58.1 Å². The van der Waals surface area contributed by atoms with E-state index in [0.717, 1.165) is 10.9 Å². The maximum atomic E-state index is 5.62. The van der Waals surface area contributed by atoms with Crippen molar-refractivity contribution in [3.63, 3.8) is 0 Å². The fourth-order valence-electron chi connectivity index (χ4n) is 1.93. The van der Waals surface area contributed by atoms with Gasteiger partial charge in [0.15, 0.2) is 0 Å². The summed E-state index contributed by atoms with van der Waals surface area (Å²) in [6.45, 7) is 2.79. The Kier molecular flexibility index (Phi) is 3.97. The van der Waals surface area contributed by atoms with Gasteiger partial charge in [0.25, 0.3) is 0 Å². The smallest absolute Gasteiger partial charge is 0.0208 e. The van der Waals surface area contributed by atoms with Crippen LogP contribution in [0.4, 0.5) is 0 Å². The molecule has 0 spiro atoms. The monoisotopic (exact) mass is 289 g/mol. The topological polar surface area (TPSA) is 26.0 Å². The standard InChI is InChI=1S/C15H16BrN/c1-11-3-2-4-12(9-11)13-5-6-15(16)14(10-13)7-8-17/h2-6,9-10H,7-8,17H2,1H3. The Balaban J connectivity index is 2.42. The molecule has 88 valence electrons. The van der Waals surface area contributed by atoms with Gasteiger partial charge in [0.1, 0.15) is 0 Å². The van der Waals surface area contributed by atoms with Gasteiger partial charge in [-0.25, -0.2) is 0 Å². The van der Waals surface area contributed by atoms with Crippen molar-refractivity contribution in [1.82, 2.24) is 0 Å². The summed E-state index contributed by atoms with van der Waals surface area (Å²) >= 11 is 3.56. The Morgan fingerprint density at radius 1 is 1.06 bits per heavy atom. The predicted octanol–water partition coefficient (Wildman–Crippen LogP) is 3.93. The molecule has 0 saturated carbocycles. The number of hydrogen-bond acceptors (Lipinski definition) is 1. The molecule has 2 aromatic carbocycles. The second kappa shape index (κ2) is 5.48. The van der Waals surface area contributed by atoms with Gasteiger partial charge in [-0.3, -0.25) is 0 Å². The molecule has 0 aliphatic carbocycles. The van der Waals surface area contributed by atoms with Crippen molar-refractivity contribution in [3.8, 4) is 11.1 Å². The van der Waals surface area contributed by atoms with Crippen LogP contribution in [0, 0.1) is 6.92 Å². The van der Waals surface area contributed by atoms with Crippen molar-refractivity contribution in [2.45, 2.75) is 13.3 Å². The first-order valence-corrected chi connectivity index (χ1v) is 6.55. The van der Waals surface area contributed by atoms with Crippen LogP contribution in [0.15, 0.2) is 46.9 Å². The molecule has 2 N–H and O–H groups in total. The van der Waals surface area contributed by atoms with Crippen LogP contribution in [0.5, 0.6) is 0 Å². The molecule has 2 aromatic rings. The van der Waals surface area contributed by atoms with Crippen LogP contribution in [-0.2, 0) is 6.42 Å². The predicted molar refractivity (Wildman–Crippen MR) is 77.1 cm³/mol. The lowest BCUT2D eigenvalue weighted by molar-refractivity contribution is 0.964. The van der Waals surface area contributed by atoms with Crippen molar-refractivity contribution >= 4 is 15.9 Å². The largest absolute Gasteiger partial charge is 0.330 e. The Labute approximate surface area is 111 Å². The Bertz CT molecular complexity index is 520. The van der Waals surface area contributed by atoms with Gasteiger partial charge < -0.3 is 5.73 Å². The molecular formula is C15H16BrN. The number of nitrogens with two attached hydrogens (primary N) is 1. The number of rotatable bonds is 3. The molecule has 0 radical (unpaired) electrons. The molecule has 0 amide bonds. The molecule has 0 bridgehead atoms. The summed E-state index contributed by atoms with van der Waals surface area (Å²) in [5.74, 6) is 0. The first-order valence-electron chi connectivity index (χ1n) is 5.76. The van der Waals surface area contributed by atoms with Gasteiger partial charge in [-0.2, -0.15) is 0 Å². The summed E-state index contributed by atoms with van der Waals surface area (Å²) in [5, 5.41) is 0. The van der Waals surface area contributed by atoms with Gasteiger partial charge in [0, 0.05) is 4.47 Å². The average Bonchev–Trinajstić information content (AvgIpc) is 2.32. The van der Waals surface area contributed by atoms with Crippen molar-refractivity contribution in [1.29, 1.82) is 0 Å². The van der Waals surface area contributed by atoms with Crippen LogP contribution in [-0.4, -0.2) is 6.54 Å². The normalized spacial score (nSPS) is 10.5. The molecule has 2 rings (SSSR count). The quantitative estimate of drug-likeness (QED) is 0.910. The van der Waals surface area contributed by atoms with Crippen LogP contribution in [0.1, 0.15) is 11.1 Å². The molecule has 0 unspecified atom stereocenters. The first kappa shape index (κ1) is 12.3. The minimum atomic E-state index is 0.676. The molecule has 0 aliphatic rings. The Morgan fingerprint density at radius 2 is 1.82 bits per heavy atom. The molecular weight excluding hydrogens is 274 g/mol. The van der Waals surface area contributed by atoms with E-state index in [4.69, 9.17) is 5.73 Å². The fourth-order valence-corrected chi connectivity index (χ4v) is 2.37. The van der Waals surface area contributed by atoms with E-state index in [2.05, 4.69) is 65.3 Å². The van der Waals surface area contributed by atoms with Gasteiger partial charge in [0.05, 0.1) is 0 Å². The zero-order chi connectivity index (χ0) is 12.3. The van der Waals surface area contributed by atoms with Gasteiger partial charge >= 0.3 is 0 Å². The van der Waals surface area contributed by atoms with E-state index in [-0.39, 0.29) is 0 Å². The third kappa shape index (κ3) is 2.96. The van der Waals surface area contributed by atoms with Gasteiger partial charge in [-0.15, -0.1) is 0 Å². The van der Waals surface area contributed by atoms with E-state index in [1.807, 2.05) is 0 Å². The molecule has 0 saturated heterocycles. The summed E-state index contributed by atoms with van der Waals surface area (Å²) in [6, 6.07) is 15.0. The van der Waals surface area contributed by atoms with Gasteiger partial charge in [-0.1, -0.05) is 51.8 Å². The second-order valence-electron chi connectivity index (χ2n) is 4.21. The number of benzene rings is 2. The molecule has 0 aromatic heterocycles. The van der Waals surface area contributed by atoms with E-state index in [1.54, 1.807) is 0 Å². The molecule has 0 heterocycles. The van der Waals surface area contributed by atoms with E-state index in [1.165, 1.54) is 22.3 Å². The van der Waals surface area contributed by atoms with E-state index < -0.39 is 0 Å². The Morgan fingerprint density at radius 3 is 2.53 bits per heavy atom. The lowest BCUT2D eigenvalue weighted by atomic mass is 10.0. The SMILES string of the molecule is Cc1cccc(-c2ccc(Br)c(CCN)c2)c1. The van der Waals surface area contributed by atoms with Crippen molar-refractivity contribution < 1.29 is 0 Å². The highest BCUT2D eigenvalue weighted by Crippen LogP contribution is 2.26. The van der Waals surface area contributed by atoms with Gasteiger partial charge in [0.2, 0.25) is 0 Å². The zero-order valence-corrected chi connectivity index (χ0v) is 11.5. The molecule has 0 aliphatic heterocycles. The fraction of sp³-hybridized carbons (Fsp3) is 0.200. The van der Waals surface area contributed by atoms with E-state index >= 15 is 0 Å². The minimum Gasteiger partial charge on any atom is -0.330 e. The van der Waals surface area contributed by atoms with Crippen LogP contribution in [0.3, 0.4) is 0 Å². The summed E-state index contributed by atoms with van der Waals surface area (Å²) in [4.78, 5) is 0. The van der Waals surface area contributed by atoms with E-state index in [9.17, 15) is 0 Å². The van der Waals surface area contributed by atoms with Crippen molar-refractivity contribution in [2.24, 2.45) is 5.73 Å². The van der Waals surface area contributed by atoms with Gasteiger partial charge in [-0.05, 0) is 48.7 Å². The number of aryl methyl sites for hydroxylation is 1. The molecule has 17 heavy (non-hydrogen) atoms. The summed E-state index contributed by atoms with van der Waals surface area (Å²) < 4.78 is 1.14. The second-order valence-corrected chi connectivity index (χ2v) is 5.07. The average molecular weight is 290 g/mol. The molecule has 1 nitrogen and oxygen atoms in total. The zero-order valence-electron chi connectivity index (χ0n) is 9.91. The van der Waals surface area contributed by atoms with Crippen LogP contribution < -0.4 is 5.73 Å². The van der Waals surface area contributed by atoms with E-state index in [0.29, 0.717) is 6.54 Å². The van der Waals surface area contributed by atoms with Crippen LogP contribution in [0.25, 0.3) is 11.1 Å². The third-order valence-corrected chi connectivity index (χ3v) is 3.58. The lowest BCUT2D eigenvalue weighted by Gasteiger charge is -2.08. The highest BCUT2D eigenvalue weighted by Gasteiger charge is 2.03. The lowest BCUT2D eigenvalue weighted by Crippen LogP contribution is -2.03. The van der Waals surface area contributed by atoms with Crippen molar-refractivity contribution in [2.75, 3.05) is 6.54 Å². The maximum Gasteiger partial charge on any atom is 0.0208 e. The highest BCUT2D eigenvalue weighted by molar-refractivity contribution is 9.10. The minimum absolute atomic E-state index is 0.676. The van der Waals surface area contributed by atoms with Crippen LogP contribution in [0.2, 0.25) is 0 Å². The highest BCUT2D eigenvalue weighted by atomic mass is 79.9. The number of halogens is 1. The maximum absolute atomic E-state index is 5.62. The summed E-state index contributed by atoms with van der Waals surface area (Å²) in [7, 11) is 0. The molecule has 0 fully saturated rings.